The highest BCUT2D eigenvalue weighted by atomic mass is 32.2. The number of fused-ring (bicyclic) bond motifs is 3. The Morgan fingerprint density at radius 2 is 2.22 bits per heavy atom. The molecule has 0 saturated heterocycles. The molecular formula is C13H16N6O3S. The molecule has 122 valence electrons. The summed E-state index contributed by atoms with van der Waals surface area (Å²) in [5.74, 6) is -0.216. The second-order valence-corrected chi connectivity index (χ2v) is 6.83. The van der Waals surface area contributed by atoms with Gasteiger partial charge in [0.1, 0.15) is 11.2 Å². The monoisotopic (exact) mass is 336 g/mol. The van der Waals surface area contributed by atoms with Crippen molar-refractivity contribution in [2.24, 2.45) is 0 Å². The maximum absolute atomic E-state index is 12.3. The van der Waals surface area contributed by atoms with E-state index in [-0.39, 0.29) is 28.4 Å². The van der Waals surface area contributed by atoms with Gasteiger partial charge in [0.05, 0.1) is 5.69 Å². The summed E-state index contributed by atoms with van der Waals surface area (Å²) in [5.41, 5.74) is 0.623. The molecule has 0 spiro atoms. The van der Waals surface area contributed by atoms with Crippen molar-refractivity contribution in [2.45, 2.75) is 17.9 Å². The number of hydrogen-bond donors (Lipinski definition) is 3. The fourth-order valence-electron chi connectivity index (χ4n) is 2.16. The highest BCUT2D eigenvalue weighted by Crippen LogP contribution is 2.29. The maximum Gasteiger partial charge on any atom is 0.266 e. The lowest BCUT2D eigenvalue weighted by molar-refractivity contribution is 0.0950. The highest BCUT2D eigenvalue weighted by molar-refractivity contribution is 7.93. The number of amides is 1. The largest absolute Gasteiger partial charge is 0.350 e. The van der Waals surface area contributed by atoms with Gasteiger partial charge in [-0.3, -0.25) is 4.79 Å². The minimum atomic E-state index is -3.78. The van der Waals surface area contributed by atoms with Crippen LogP contribution in [0.25, 0.3) is 5.69 Å². The third-order valence-corrected chi connectivity index (χ3v) is 4.93. The van der Waals surface area contributed by atoms with Gasteiger partial charge in [-0.2, -0.15) is 14.8 Å². The molecule has 3 N–H and O–H groups in total. The molecule has 1 aromatic carbocycles. The molecule has 2 heterocycles. The zero-order valence-corrected chi connectivity index (χ0v) is 13.4. The SMILES string of the molecule is CNC(C)CNC(=O)c1ccc2c(c1)S(=O)(=O)Nc1ncnn1-2. The molecule has 0 radical (unpaired) electrons. The van der Waals surface area contributed by atoms with Gasteiger partial charge in [0, 0.05) is 18.2 Å². The number of nitrogens with one attached hydrogen (secondary N) is 3. The number of anilines is 1. The molecule has 0 bridgehead atoms. The van der Waals surface area contributed by atoms with Crippen LogP contribution in [0.5, 0.6) is 0 Å². The molecule has 9 nitrogen and oxygen atoms in total. The molecule has 0 saturated carbocycles. The Bertz CT molecular complexity index is 860. The average molecular weight is 336 g/mol. The van der Waals surface area contributed by atoms with Crippen molar-refractivity contribution >= 4 is 21.9 Å². The zero-order valence-electron chi connectivity index (χ0n) is 12.6. The Hall–Kier alpha value is -2.46. The number of sulfonamides is 1. The van der Waals surface area contributed by atoms with E-state index in [1.54, 1.807) is 19.2 Å². The standard InChI is InChI=1S/C13H16N6O3S/c1-8(14-2)6-15-12(20)9-3-4-10-11(5-9)23(21,22)18-13-16-7-17-19(10)13/h3-5,7-8,14H,6H2,1-2H3,(H,15,20)(H,16,17,18). The smallest absolute Gasteiger partial charge is 0.266 e. The van der Waals surface area contributed by atoms with Gasteiger partial charge in [0.15, 0.2) is 0 Å². The molecule has 10 heteroatoms. The number of rotatable bonds is 4. The van der Waals surface area contributed by atoms with Gasteiger partial charge in [-0.1, -0.05) is 0 Å². The van der Waals surface area contributed by atoms with E-state index >= 15 is 0 Å². The van der Waals surface area contributed by atoms with Gasteiger partial charge < -0.3 is 10.6 Å². The first-order valence-corrected chi connectivity index (χ1v) is 8.43. The summed E-state index contributed by atoms with van der Waals surface area (Å²) in [6, 6.07) is 4.55. The van der Waals surface area contributed by atoms with Crippen molar-refractivity contribution in [3.05, 3.63) is 30.1 Å². The molecule has 1 atom stereocenters. The van der Waals surface area contributed by atoms with Gasteiger partial charge in [-0.05, 0) is 32.2 Å². The number of likely N-dealkylation sites (N-methyl/N-ethyl adjacent to an activating group) is 1. The number of benzene rings is 1. The zero-order chi connectivity index (χ0) is 16.6. The van der Waals surface area contributed by atoms with Crippen LogP contribution in [0.3, 0.4) is 0 Å². The lowest BCUT2D eigenvalue weighted by Gasteiger charge is -2.19. The van der Waals surface area contributed by atoms with Gasteiger partial charge in [-0.25, -0.2) is 13.1 Å². The Morgan fingerprint density at radius 3 is 2.96 bits per heavy atom. The topological polar surface area (TPSA) is 118 Å². The van der Waals surface area contributed by atoms with Gasteiger partial charge in [0.25, 0.3) is 15.9 Å². The van der Waals surface area contributed by atoms with Crippen molar-refractivity contribution in [3.63, 3.8) is 0 Å². The first-order chi connectivity index (χ1) is 10.9. The molecule has 0 aliphatic carbocycles. The van der Waals surface area contributed by atoms with E-state index < -0.39 is 10.0 Å². The predicted octanol–water partition coefficient (Wildman–Crippen LogP) is -0.281. The Kier molecular flexibility index (Phi) is 3.78. The number of nitrogens with zero attached hydrogens (tertiary/aromatic N) is 3. The minimum absolute atomic E-state index is 0.00943. The van der Waals surface area contributed by atoms with Crippen molar-refractivity contribution < 1.29 is 13.2 Å². The van der Waals surface area contributed by atoms with Crippen molar-refractivity contribution in [1.29, 1.82) is 0 Å². The molecule has 1 unspecified atom stereocenters. The summed E-state index contributed by atoms with van der Waals surface area (Å²) in [5, 5.41) is 9.73. The van der Waals surface area contributed by atoms with E-state index in [4.69, 9.17) is 0 Å². The van der Waals surface area contributed by atoms with Crippen LogP contribution in [0.15, 0.2) is 29.4 Å². The summed E-state index contributed by atoms with van der Waals surface area (Å²) in [6.45, 7) is 2.36. The summed E-state index contributed by atoms with van der Waals surface area (Å²) < 4.78 is 28.3. The molecule has 23 heavy (non-hydrogen) atoms. The quantitative estimate of drug-likeness (QED) is 0.707. The van der Waals surface area contributed by atoms with Crippen LogP contribution in [-0.4, -0.2) is 48.7 Å². The van der Waals surface area contributed by atoms with Crippen molar-refractivity contribution in [1.82, 2.24) is 25.4 Å². The normalized spacial score (nSPS) is 15.9. The van der Waals surface area contributed by atoms with E-state index in [1.165, 1.54) is 17.1 Å². The summed E-state index contributed by atoms with van der Waals surface area (Å²) in [6.07, 6.45) is 1.26. The van der Waals surface area contributed by atoms with E-state index in [1.807, 2.05) is 6.92 Å². The first kappa shape index (κ1) is 15.4. The van der Waals surface area contributed by atoms with Crippen molar-refractivity contribution in [2.75, 3.05) is 18.3 Å². The van der Waals surface area contributed by atoms with E-state index in [0.717, 1.165) is 0 Å². The number of hydrogen-bond acceptors (Lipinski definition) is 6. The average Bonchev–Trinajstić information content (AvgIpc) is 2.99. The van der Waals surface area contributed by atoms with Crippen LogP contribution >= 0.6 is 0 Å². The molecule has 0 fully saturated rings. The van der Waals surface area contributed by atoms with Gasteiger partial charge >= 0.3 is 0 Å². The lowest BCUT2D eigenvalue weighted by Crippen LogP contribution is -2.37. The van der Waals surface area contributed by atoms with Crippen LogP contribution in [-0.2, 0) is 10.0 Å². The Labute approximate surface area is 133 Å². The Morgan fingerprint density at radius 1 is 1.43 bits per heavy atom. The molecule has 3 rings (SSSR count). The number of aromatic nitrogens is 3. The van der Waals surface area contributed by atoms with Crippen molar-refractivity contribution in [3.8, 4) is 5.69 Å². The summed E-state index contributed by atoms with van der Waals surface area (Å²) in [4.78, 5) is 16.0. The second kappa shape index (κ2) is 5.63. The third kappa shape index (κ3) is 2.78. The first-order valence-electron chi connectivity index (χ1n) is 6.95. The maximum atomic E-state index is 12.3. The van der Waals surface area contributed by atoms with Crippen LogP contribution < -0.4 is 15.4 Å². The van der Waals surface area contributed by atoms with Crippen LogP contribution in [0.4, 0.5) is 5.95 Å². The van der Waals surface area contributed by atoms with Gasteiger partial charge in [0.2, 0.25) is 5.95 Å². The molecule has 1 aliphatic heterocycles. The predicted molar refractivity (Wildman–Crippen MR) is 83.0 cm³/mol. The fourth-order valence-corrected chi connectivity index (χ4v) is 3.36. The Balaban J connectivity index is 1.95. The summed E-state index contributed by atoms with van der Waals surface area (Å²) in [7, 11) is -1.99. The molecular weight excluding hydrogens is 320 g/mol. The van der Waals surface area contributed by atoms with E-state index in [0.29, 0.717) is 12.2 Å². The molecule has 1 aromatic heterocycles. The summed E-state index contributed by atoms with van der Waals surface area (Å²) >= 11 is 0. The molecule has 2 aromatic rings. The molecule has 1 amide bonds. The number of carbonyl (C=O) groups excluding carboxylic acids is 1. The van der Waals surface area contributed by atoms with Gasteiger partial charge in [-0.15, -0.1) is 0 Å². The third-order valence-electron chi connectivity index (χ3n) is 3.57. The highest BCUT2D eigenvalue weighted by Gasteiger charge is 2.29. The lowest BCUT2D eigenvalue weighted by atomic mass is 10.2. The second-order valence-electron chi connectivity index (χ2n) is 5.18. The number of carbonyl (C=O) groups is 1. The van der Waals surface area contributed by atoms with Crippen LogP contribution in [0.1, 0.15) is 17.3 Å². The fraction of sp³-hybridized carbons (Fsp3) is 0.308. The van der Waals surface area contributed by atoms with E-state index in [2.05, 4.69) is 25.4 Å². The molecule has 1 aliphatic rings. The van der Waals surface area contributed by atoms with E-state index in [9.17, 15) is 13.2 Å². The van der Waals surface area contributed by atoms with Crippen LogP contribution in [0.2, 0.25) is 0 Å². The minimum Gasteiger partial charge on any atom is -0.350 e. The van der Waals surface area contributed by atoms with Crippen LogP contribution in [0, 0.1) is 0 Å².